The number of hydrogen-bond donors (Lipinski definition) is 0. The Morgan fingerprint density at radius 1 is 1.04 bits per heavy atom. The Hall–Kier alpha value is -1.14. The summed E-state index contributed by atoms with van der Waals surface area (Å²) in [5.41, 5.74) is 1.15. The van der Waals surface area contributed by atoms with E-state index in [9.17, 15) is 0 Å². The van der Waals surface area contributed by atoms with Crippen molar-refractivity contribution in [2.24, 2.45) is 0 Å². The number of rotatable bonds is 14. The van der Waals surface area contributed by atoms with Crippen LogP contribution in [0.4, 0.5) is 0 Å². The molecule has 1 aromatic rings. The minimum atomic E-state index is -1.76. The fourth-order valence-electron chi connectivity index (χ4n) is 2.50. The van der Waals surface area contributed by atoms with E-state index < -0.39 is 8.32 Å². The number of ether oxygens (including phenoxy) is 3. The second-order valence-corrected chi connectivity index (χ2v) is 13.4. The first-order chi connectivity index (χ1) is 13.2. The summed E-state index contributed by atoms with van der Waals surface area (Å²) >= 11 is 0. The predicted molar refractivity (Wildman–Crippen MR) is 120 cm³/mol. The van der Waals surface area contributed by atoms with Crippen LogP contribution in [-0.2, 0) is 20.5 Å². The van der Waals surface area contributed by atoms with Crippen LogP contribution in [0.5, 0.6) is 5.75 Å². The van der Waals surface area contributed by atoms with Gasteiger partial charge in [0.1, 0.15) is 5.75 Å². The molecule has 1 atom stereocenters. The fraction of sp³-hybridized carbons (Fsp3) is 0.652. The van der Waals surface area contributed by atoms with Crippen LogP contribution in [0, 0.1) is 0 Å². The second kappa shape index (κ2) is 12.4. The molecule has 0 aliphatic rings. The Morgan fingerprint density at radius 2 is 1.68 bits per heavy atom. The summed E-state index contributed by atoms with van der Waals surface area (Å²) in [6, 6.07) is 7.95. The Labute approximate surface area is 173 Å². The normalized spacial score (nSPS) is 13.4. The van der Waals surface area contributed by atoms with Gasteiger partial charge in [-0.25, -0.2) is 0 Å². The second-order valence-electron chi connectivity index (χ2n) is 8.68. The van der Waals surface area contributed by atoms with Crippen LogP contribution in [0.15, 0.2) is 36.9 Å². The molecule has 0 fully saturated rings. The largest absolute Gasteiger partial charge is 0.497 e. The van der Waals surface area contributed by atoms with E-state index in [2.05, 4.69) is 40.4 Å². The molecule has 4 nitrogen and oxygen atoms in total. The van der Waals surface area contributed by atoms with Gasteiger partial charge in [-0.3, -0.25) is 0 Å². The molecule has 0 radical (unpaired) electrons. The lowest BCUT2D eigenvalue weighted by molar-refractivity contribution is 0.0595. The molecule has 1 unspecified atom stereocenters. The van der Waals surface area contributed by atoms with Crippen molar-refractivity contribution in [3.05, 3.63) is 42.5 Å². The van der Waals surface area contributed by atoms with Gasteiger partial charge < -0.3 is 18.6 Å². The number of hydrogen-bond acceptors (Lipinski definition) is 4. The van der Waals surface area contributed by atoms with Crippen molar-refractivity contribution in [1.82, 2.24) is 0 Å². The Morgan fingerprint density at radius 3 is 2.25 bits per heavy atom. The van der Waals surface area contributed by atoms with Crippen LogP contribution in [0.2, 0.25) is 18.1 Å². The summed E-state index contributed by atoms with van der Waals surface area (Å²) in [5.74, 6) is 0.865. The van der Waals surface area contributed by atoms with E-state index >= 15 is 0 Å². The van der Waals surface area contributed by atoms with E-state index in [-0.39, 0.29) is 11.1 Å². The SMILES string of the molecule is C=CCC(CCOCCCOCc1ccc(OC)cc1)O[Si](C)(C)C(C)(C)C. The standard InChI is InChI=1S/C23H40O4Si/c1-8-10-22(27-28(6,7)23(2,3)4)15-18-25-16-9-17-26-19-20-11-13-21(24-5)14-12-20/h8,11-14,22H,1,9-10,15-19H2,2-7H3. The van der Waals surface area contributed by atoms with Crippen molar-refractivity contribution in [3.63, 3.8) is 0 Å². The summed E-state index contributed by atoms with van der Waals surface area (Å²) in [7, 11) is -0.0896. The van der Waals surface area contributed by atoms with Gasteiger partial charge in [0.25, 0.3) is 0 Å². The molecular formula is C23H40O4Si. The molecule has 0 heterocycles. The average molecular weight is 409 g/mol. The average Bonchev–Trinajstić information content (AvgIpc) is 2.63. The first-order valence-corrected chi connectivity index (χ1v) is 13.2. The highest BCUT2D eigenvalue weighted by Gasteiger charge is 2.38. The van der Waals surface area contributed by atoms with Crippen LogP contribution in [0.3, 0.4) is 0 Å². The van der Waals surface area contributed by atoms with Crippen LogP contribution < -0.4 is 4.74 Å². The van der Waals surface area contributed by atoms with E-state index in [1.165, 1.54) is 0 Å². The zero-order chi connectivity index (χ0) is 21.0. The minimum absolute atomic E-state index is 0.199. The predicted octanol–water partition coefficient (Wildman–Crippen LogP) is 5.98. The van der Waals surface area contributed by atoms with Crippen LogP contribution >= 0.6 is 0 Å². The zero-order valence-electron chi connectivity index (χ0n) is 18.8. The Bertz CT molecular complexity index is 549. The van der Waals surface area contributed by atoms with Gasteiger partial charge in [-0.2, -0.15) is 0 Å². The van der Waals surface area contributed by atoms with E-state index in [0.717, 1.165) is 30.6 Å². The van der Waals surface area contributed by atoms with Gasteiger partial charge in [0.15, 0.2) is 8.32 Å². The van der Waals surface area contributed by atoms with E-state index in [1.807, 2.05) is 30.3 Å². The first kappa shape index (κ1) is 24.9. The van der Waals surface area contributed by atoms with E-state index in [1.54, 1.807) is 7.11 Å². The molecule has 0 saturated heterocycles. The van der Waals surface area contributed by atoms with Crippen molar-refractivity contribution in [3.8, 4) is 5.75 Å². The number of benzene rings is 1. The first-order valence-electron chi connectivity index (χ1n) is 10.3. The van der Waals surface area contributed by atoms with Gasteiger partial charge in [-0.15, -0.1) is 6.58 Å². The van der Waals surface area contributed by atoms with E-state index in [4.69, 9.17) is 18.6 Å². The third-order valence-corrected chi connectivity index (χ3v) is 9.82. The molecule has 0 bridgehead atoms. The van der Waals surface area contributed by atoms with Crippen molar-refractivity contribution in [1.29, 1.82) is 0 Å². The highest BCUT2D eigenvalue weighted by Crippen LogP contribution is 2.38. The molecule has 0 aliphatic carbocycles. The van der Waals surface area contributed by atoms with Gasteiger partial charge in [0.05, 0.1) is 19.8 Å². The number of methoxy groups -OCH3 is 1. The topological polar surface area (TPSA) is 36.9 Å². The summed E-state index contributed by atoms with van der Waals surface area (Å²) in [6.45, 7) is 18.0. The monoisotopic (exact) mass is 408 g/mol. The summed E-state index contributed by atoms with van der Waals surface area (Å²) in [4.78, 5) is 0. The molecular weight excluding hydrogens is 368 g/mol. The van der Waals surface area contributed by atoms with Gasteiger partial charge >= 0.3 is 0 Å². The van der Waals surface area contributed by atoms with E-state index in [0.29, 0.717) is 26.4 Å². The lowest BCUT2D eigenvalue weighted by Gasteiger charge is -2.39. The van der Waals surface area contributed by atoms with Crippen molar-refractivity contribution in [2.75, 3.05) is 26.9 Å². The summed E-state index contributed by atoms with van der Waals surface area (Å²) in [5, 5.41) is 0.217. The zero-order valence-corrected chi connectivity index (χ0v) is 19.8. The minimum Gasteiger partial charge on any atom is -0.497 e. The van der Waals surface area contributed by atoms with Crippen LogP contribution in [0.25, 0.3) is 0 Å². The maximum atomic E-state index is 6.51. The molecule has 28 heavy (non-hydrogen) atoms. The highest BCUT2D eigenvalue weighted by atomic mass is 28.4. The summed E-state index contributed by atoms with van der Waals surface area (Å²) in [6.07, 6.45) is 4.83. The van der Waals surface area contributed by atoms with Gasteiger partial charge in [0, 0.05) is 19.8 Å². The quantitative estimate of drug-likeness (QED) is 0.216. The molecule has 1 rings (SSSR count). The van der Waals surface area contributed by atoms with Crippen LogP contribution in [0.1, 0.15) is 45.6 Å². The lowest BCUT2D eigenvalue weighted by Crippen LogP contribution is -2.44. The molecule has 5 heteroatoms. The van der Waals surface area contributed by atoms with Crippen molar-refractivity contribution >= 4 is 8.32 Å². The molecule has 0 saturated carbocycles. The van der Waals surface area contributed by atoms with Crippen LogP contribution in [-0.4, -0.2) is 41.4 Å². The Balaban J connectivity index is 2.17. The van der Waals surface area contributed by atoms with Gasteiger partial charge in [-0.05, 0) is 55.1 Å². The maximum absolute atomic E-state index is 6.51. The molecule has 0 spiro atoms. The molecule has 160 valence electrons. The lowest BCUT2D eigenvalue weighted by atomic mass is 10.2. The molecule has 0 aromatic heterocycles. The molecule has 0 aliphatic heterocycles. The molecule has 0 amide bonds. The van der Waals surface area contributed by atoms with Gasteiger partial charge in [0.2, 0.25) is 0 Å². The highest BCUT2D eigenvalue weighted by molar-refractivity contribution is 6.74. The fourth-order valence-corrected chi connectivity index (χ4v) is 3.90. The third kappa shape index (κ3) is 9.37. The Kier molecular flexibility index (Phi) is 11.0. The van der Waals surface area contributed by atoms with Crippen molar-refractivity contribution in [2.45, 2.75) is 70.9 Å². The maximum Gasteiger partial charge on any atom is 0.192 e. The molecule has 1 aromatic carbocycles. The summed E-state index contributed by atoms with van der Waals surface area (Å²) < 4.78 is 23.2. The van der Waals surface area contributed by atoms with Crippen molar-refractivity contribution < 1.29 is 18.6 Å². The smallest absolute Gasteiger partial charge is 0.192 e. The van der Waals surface area contributed by atoms with Gasteiger partial charge in [-0.1, -0.05) is 39.0 Å². The molecule has 0 N–H and O–H groups in total. The third-order valence-electron chi connectivity index (χ3n) is 5.29.